The number of fused-ring (bicyclic) bond motifs is 11. The molecule has 2 aliphatic carbocycles. The molecule has 0 fully saturated rings. The number of furan rings is 1. The minimum atomic E-state index is 0.922. The molecule has 2 heterocycles. The zero-order valence-electron chi connectivity index (χ0n) is 25.0. The average molecular weight is 586 g/mol. The first-order valence-corrected chi connectivity index (χ1v) is 16.1. The summed E-state index contributed by atoms with van der Waals surface area (Å²) in [4.78, 5) is 0. The molecular formula is C44H27NO. The Bertz CT molecular complexity index is 2800. The molecule has 2 heteroatoms. The van der Waals surface area contributed by atoms with Gasteiger partial charge < -0.3 is 8.98 Å². The Labute approximate surface area is 265 Å². The zero-order chi connectivity index (χ0) is 29.9. The van der Waals surface area contributed by atoms with Crippen molar-refractivity contribution in [2.45, 2.75) is 12.8 Å². The maximum absolute atomic E-state index is 6.49. The number of rotatable bonds is 2. The maximum Gasteiger partial charge on any atom is 0.137 e. The summed E-state index contributed by atoms with van der Waals surface area (Å²) in [6.07, 6.45) is 4.27. The molecule has 2 aromatic heterocycles. The van der Waals surface area contributed by atoms with Gasteiger partial charge in [-0.05, 0) is 81.3 Å². The summed E-state index contributed by atoms with van der Waals surface area (Å²) < 4.78 is 9.03. The van der Waals surface area contributed by atoms with E-state index >= 15 is 0 Å². The second-order valence-electron chi connectivity index (χ2n) is 12.9. The van der Waals surface area contributed by atoms with Gasteiger partial charge in [0.2, 0.25) is 0 Å². The second kappa shape index (κ2) is 8.87. The van der Waals surface area contributed by atoms with Gasteiger partial charge in [-0.15, -0.1) is 0 Å². The Balaban J connectivity index is 1.29. The molecule has 0 saturated carbocycles. The minimum Gasteiger partial charge on any atom is -0.456 e. The fraction of sp³-hybridized carbons (Fsp3) is 0.0455. The summed E-state index contributed by atoms with van der Waals surface area (Å²) in [7, 11) is 0. The predicted octanol–water partition coefficient (Wildman–Crippen LogP) is 11.5. The first kappa shape index (κ1) is 24.5. The maximum atomic E-state index is 6.49. The van der Waals surface area contributed by atoms with Crippen molar-refractivity contribution in [3.05, 3.63) is 161 Å². The highest BCUT2D eigenvalue weighted by Gasteiger charge is 2.29. The number of aromatic nitrogens is 1. The third kappa shape index (κ3) is 3.25. The summed E-state index contributed by atoms with van der Waals surface area (Å²) in [6.45, 7) is 0. The number of nitrogens with zero attached hydrogens (tertiary/aromatic N) is 1. The van der Waals surface area contributed by atoms with Gasteiger partial charge >= 0.3 is 0 Å². The van der Waals surface area contributed by atoms with E-state index in [4.69, 9.17) is 4.42 Å². The van der Waals surface area contributed by atoms with E-state index in [-0.39, 0.29) is 0 Å². The fourth-order valence-corrected chi connectivity index (χ4v) is 8.33. The van der Waals surface area contributed by atoms with Crippen LogP contribution in [-0.2, 0) is 12.8 Å². The molecule has 0 bridgehead atoms. The molecule has 0 saturated heterocycles. The lowest BCUT2D eigenvalue weighted by Gasteiger charge is -2.20. The summed E-state index contributed by atoms with van der Waals surface area (Å²) in [5.74, 6) is 0. The molecular weight excluding hydrogens is 558 g/mol. The van der Waals surface area contributed by atoms with Crippen LogP contribution in [0.2, 0.25) is 0 Å². The van der Waals surface area contributed by atoms with Crippen LogP contribution in [0, 0.1) is 0 Å². The van der Waals surface area contributed by atoms with Crippen molar-refractivity contribution >= 4 is 66.2 Å². The monoisotopic (exact) mass is 585 g/mol. The van der Waals surface area contributed by atoms with Crippen LogP contribution in [0.15, 0.2) is 138 Å². The van der Waals surface area contributed by atoms with Gasteiger partial charge in [0.1, 0.15) is 11.2 Å². The largest absolute Gasteiger partial charge is 0.456 e. The number of para-hydroxylation sites is 2. The number of benzene rings is 7. The second-order valence-corrected chi connectivity index (χ2v) is 12.9. The normalized spacial score (nSPS) is 13.6. The number of allylic oxidation sites excluding steroid dienone is 1. The first-order chi connectivity index (χ1) is 22.8. The van der Waals surface area contributed by atoms with Gasteiger partial charge in [0.15, 0.2) is 0 Å². The fourth-order valence-electron chi connectivity index (χ4n) is 8.33. The van der Waals surface area contributed by atoms with E-state index in [0.29, 0.717) is 0 Å². The molecule has 11 rings (SSSR count). The van der Waals surface area contributed by atoms with Crippen LogP contribution >= 0.6 is 0 Å². The number of hydrogen-bond donors (Lipinski definition) is 0. The Hall–Kier alpha value is -5.86. The van der Waals surface area contributed by atoms with E-state index in [1.807, 2.05) is 6.07 Å². The van der Waals surface area contributed by atoms with Crippen molar-refractivity contribution in [3.63, 3.8) is 0 Å². The van der Waals surface area contributed by atoms with Crippen LogP contribution in [-0.4, -0.2) is 4.57 Å². The van der Waals surface area contributed by atoms with Crippen molar-refractivity contribution < 1.29 is 4.42 Å². The van der Waals surface area contributed by atoms with Crippen LogP contribution in [0.1, 0.15) is 27.8 Å². The lowest BCUT2D eigenvalue weighted by Crippen LogP contribution is -2.03. The Morgan fingerprint density at radius 3 is 2.17 bits per heavy atom. The molecule has 0 N–H and O–H groups in total. The van der Waals surface area contributed by atoms with Gasteiger partial charge in [-0.3, -0.25) is 0 Å². The van der Waals surface area contributed by atoms with Gasteiger partial charge in [-0.2, -0.15) is 0 Å². The van der Waals surface area contributed by atoms with Crippen LogP contribution in [0.25, 0.3) is 83.0 Å². The SMILES string of the molecule is C1=C(c2ccc3c(c2-n2c4ccccc4c4cc5c(cc42)oc2ccccc25)-c2cc4ccccc4cc2C3)Cc2ccccc21. The molecule has 7 aromatic carbocycles. The van der Waals surface area contributed by atoms with Gasteiger partial charge in [0.25, 0.3) is 0 Å². The van der Waals surface area contributed by atoms with E-state index < -0.39 is 0 Å². The Morgan fingerprint density at radius 1 is 0.478 bits per heavy atom. The van der Waals surface area contributed by atoms with Crippen LogP contribution in [0.3, 0.4) is 0 Å². The third-order valence-corrected chi connectivity index (χ3v) is 10.4. The van der Waals surface area contributed by atoms with E-state index in [1.165, 1.54) is 82.8 Å². The van der Waals surface area contributed by atoms with Gasteiger partial charge in [-0.25, -0.2) is 0 Å². The highest BCUT2D eigenvalue weighted by Crippen LogP contribution is 2.49. The lowest BCUT2D eigenvalue weighted by molar-refractivity contribution is 0.669. The Morgan fingerprint density at radius 2 is 1.26 bits per heavy atom. The van der Waals surface area contributed by atoms with Crippen LogP contribution < -0.4 is 0 Å². The van der Waals surface area contributed by atoms with E-state index in [1.54, 1.807) is 0 Å². The molecule has 214 valence electrons. The molecule has 0 atom stereocenters. The predicted molar refractivity (Wildman–Crippen MR) is 192 cm³/mol. The molecule has 0 radical (unpaired) electrons. The van der Waals surface area contributed by atoms with Crippen molar-refractivity contribution in [2.24, 2.45) is 0 Å². The third-order valence-electron chi connectivity index (χ3n) is 10.4. The molecule has 2 nitrogen and oxygen atoms in total. The standard InChI is InChI=1S/C44H27NO/c1-2-10-27-20-31(19-26(27)9-1)33-18-17-30-22-32-21-28-11-3-4-12-29(28)23-36(32)43(30)44(33)45-39-15-7-5-13-34(39)37-24-38-35-14-6-8-16-41(35)46-42(38)25-40(37)45/h1-19,21,23-25H,20,22H2. The first-order valence-electron chi connectivity index (χ1n) is 16.1. The molecule has 2 aliphatic rings. The molecule has 0 aliphatic heterocycles. The summed E-state index contributed by atoms with van der Waals surface area (Å²) in [5.41, 5.74) is 16.4. The quantitative estimate of drug-likeness (QED) is 0.197. The van der Waals surface area contributed by atoms with Crippen LogP contribution in [0.5, 0.6) is 0 Å². The molecule has 46 heavy (non-hydrogen) atoms. The van der Waals surface area contributed by atoms with Crippen LogP contribution in [0.4, 0.5) is 0 Å². The lowest BCUT2D eigenvalue weighted by atomic mass is 9.93. The van der Waals surface area contributed by atoms with Crippen molar-refractivity contribution in [1.29, 1.82) is 0 Å². The topological polar surface area (TPSA) is 18.1 Å². The average Bonchev–Trinajstić information content (AvgIpc) is 3.86. The van der Waals surface area contributed by atoms with E-state index in [0.717, 1.165) is 34.8 Å². The molecule has 0 unspecified atom stereocenters. The van der Waals surface area contributed by atoms with Crippen molar-refractivity contribution in [1.82, 2.24) is 4.57 Å². The van der Waals surface area contributed by atoms with Gasteiger partial charge in [0, 0.05) is 38.7 Å². The van der Waals surface area contributed by atoms with Crippen molar-refractivity contribution in [2.75, 3.05) is 0 Å². The minimum absolute atomic E-state index is 0.922. The van der Waals surface area contributed by atoms with Gasteiger partial charge in [-0.1, -0.05) is 109 Å². The molecule has 0 amide bonds. The van der Waals surface area contributed by atoms with E-state index in [2.05, 4.69) is 138 Å². The highest BCUT2D eigenvalue weighted by atomic mass is 16.3. The zero-order valence-corrected chi connectivity index (χ0v) is 25.0. The Kier molecular flexibility index (Phi) is 4.71. The number of hydrogen-bond acceptors (Lipinski definition) is 1. The van der Waals surface area contributed by atoms with E-state index in [9.17, 15) is 0 Å². The van der Waals surface area contributed by atoms with Gasteiger partial charge in [0.05, 0.1) is 16.7 Å². The molecule has 9 aromatic rings. The summed E-state index contributed by atoms with van der Waals surface area (Å²) in [6, 6.07) is 49.1. The van der Waals surface area contributed by atoms with Crippen molar-refractivity contribution in [3.8, 4) is 16.8 Å². The smallest absolute Gasteiger partial charge is 0.137 e. The molecule has 0 spiro atoms. The highest BCUT2D eigenvalue weighted by molar-refractivity contribution is 6.18. The summed E-state index contributed by atoms with van der Waals surface area (Å²) >= 11 is 0. The summed E-state index contributed by atoms with van der Waals surface area (Å²) in [5, 5.41) is 7.41.